The highest BCUT2D eigenvalue weighted by molar-refractivity contribution is 7.64. The number of thiophene rings is 1. The first kappa shape index (κ1) is 23.5. The molecule has 0 fully saturated rings. The number of hydrogen-bond acceptors (Lipinski definition) is 6. The average molecular weight is 509 g/mol. The second kappa shape index (κ2) is 9.46. The van der Waals surface area contributed by atoms with Gasteiger partial charge in [0.2, 0.25) is 0 Å². The lowest BCUT2D eigenvalue weighted by molar-refractivity contribution is 0.0703. The van der Waals surface area contributed by atoms with Crippen LogP contribution in [-0.4, -0.2) is 23.2 Å². The van der Waals surface area contributed by atoms with Gasteiger partial charge in [0.15, 0.2) is 5.58 Å². The Labute approximate surface area is 207 Å². The van der Waals surface area contributed by atoms with Crippen LogP contribution in [0.2, 0.25) is 0 Å². The molecule has 1 aliphatic rings. The zero-order valence-corrected chi connectivity index (χ0v) is 21.1. The molecule has 7 nitrogen and oxygen atoms in total. The highest BCUT2D eigenvalue weighted by Crippen LogP contribution is 2.58. The van der Waals surface area contributed by atoms with Crippen LogP contribution in [0.3, 0.4) is 0 Å². The first-order valence-corrected chi connectivity index (χ1v) is 13.8. The van der Waals surface area contributed by atoms with E-state index in [0.29, 0.717) is 29.1 Å². The molecule has 0 amide bonds. The van der Waals surface area contributed by atoms with Crippen LogP contribution in [0.5, 0.6) is 0 Å². The number of carboxylic acids is 1. The fourth-order valence-corrected chi connectivity index (χ4v) is 6.96. The number of aromatic carboxylic acids is 1. The summed E-state index contributed by atoms with van der Waals surface area (Å²) in [7, 11) is -2.00. The molecule has 2 atom stereocenters. The minimum Gasteiger partial charge on any atom is -0.477 e. The standard InChI is InChI=1S/C26H25N2O5PS/c1-16-5-11-19(12-6-16)34(31,32-2)28-21-15-24(35-25(21)26(29)30)18-9-7-17(8-10-18)23-14-20-22(33-23)4-3-13-27-20/h3-4,7-11,13-16H,5-6,12H2,1-2H3,(H,28,31)(H,29,30). The lowest BCUT2D eigenvalue weighted by atomic mass is 9.96. The van der Waals surface area contributed by atoms with Gasteiger partial charge in [0.25, 0.3) is 0 Å². The second-order valence-electron chi connectivity index (χ2n) is 8.65. The van der Waals surface area contributed by atoms with E-state index < -0.39 is 13.5 Å². The van der Waals surface area contributed by atoms with E-state index in [1.165, 1.54) is 7.11 Å². The van der Waals surface area contributed by atoms with Gasteiger partial charge in [-0.1, -0.05) is 37.3 Å². The predicted octanol–water partition coefficient (Wildman–Crippen LogP) is 7.88. The van der Waals surface area contributed by atoms with E-state index >= 15 is 0 Å². The van der Waals surface area contributed by atoms with Gasteiger partial charge in [0.1, 0.15) is 16.2 Å². The Morgan fingerprint density at radius 3 is 2.66 bits per heavy atom. The Bertz CT molecular complexity index is 1440. The number of furan rings is 1. The van der Waals surface area contributed by atoms with Crippen LogP contribution in [0, 0.1) is 5.92 Å². The Morgan fingerprint density at radius 1 is 1.23 bits per heavy atom. The van der Waals surface area contributed by atoms with Crippen molar-refractivity contribution in [2.45, 2.75) is 26.2 Å². The van der Waals surface area contributed by atoms with E-state index in [4.69, 9.17) is 8.94 Å². The fourth-order valence-electron chi connectivity index (χ4n) is 4.20. The van der Waals surface area contributed by atoms with Crippen LogP contribution < -0.4 is 5.09 Å². The van der Waals surface area contributed by atoms with Crippen molar-refractivity contribution in [1.82, 2.24) is 4.98 Å². The molecule has 35 heavy (non-hydrogen) atoms. The van der Waals surface area contributed by atoms with Crippen molar-refractivity contribution in [2.75, 3.05) is 12.2 Å². The maximum atomic E-state index is 13.6. The molecule has 0 spiro atoms. The monoisotopic (exact) mass is 508 g/mol. The Morgan fingerprint density at radius 2 is 2.00 bits per heavy atom. The molecule has 1 aliphatic carbocycles. The maximum absolute atomic E-state index is 13.6. The van der Waals surface area contributed by atoms with Crippen LogP contribution in [0.4, 0.5) is 5.69 Å². The number of rotatable bonds is 7. The van der Waals surface area contributed by atoms with Gasteiger partial charge in [0, 0.05) is 35.1 Å². The number of aromatic nitrogens is 1. The van der Waals surface area contributed by atoms with Gasteiger partial charge in [-0.3, -0.25) is 9.55 Å². The van der Waals surface area contributed by atoms with Crippen LogP contribution in [0.15, 0.2) is 70.5 Å². The molecule has 2 unspecified atom stereocenters. The summed E-state index contributed by atoms with van der Waals surface area (Å²) < 4.78 is 24.9. The summed E-state index contributed by atoms with van der Waals surface area (Å²) in [5, 5.41) is 13.5. The van der Waals surface area contributed by atoms with Gasteiger partial charge in [-0.15, -0.1) is 11.3 Å². The second-order valence-corrected chi connectivity index (χ2v) is 12.0. The van der Waals surface area contributed by atoms with Crippen molar-refractivity contribution in [1.29, 1.82) is 0 Å². The number of nitrogens with one attached hydrogen (secondary N) is 1. The molecule has 3 heterocycles. The Kier molecular flexibility index (Phi) is 6.36. The third-order valence-corrected chi connectivity index (χ3v) is 9.60. The number of anilines is 1. The molecule has 0 radical (unpaired) electrons. The molecule has 9 heteroatoms. The summed E-state index contributed by atoms with van der Waals surface area (Å²) in [6, 6.07) is 15.0. The van der Waals surface area contributed by atoms with Gasteiger partial charge in [-0.05, 0) is 48.9 Å². The SMILES string of the molecule is COP(=O)(Nc1cc(-c2ccc(-c3cc4ncccc4o3)cc2)sc1C(=O)O)C1=CCC(C)CC1. The number of carbonyl (C=O) groups is 1. The van der Waals surface area contributed by atoms with Crippen molar-refractivity contribution >= 4 is 41.6 Å². The fraction of sp³-hybridized carbons (Fsp3) is 0.231. The van der Waals surface area contributed by atoms with E-state index in [9.17, 15) is 14.5 Å². The minimum absolute atomic E-state index is 0.0921. The number of carboxylic acid groups (broad SMARTS) is 1. The molecular formula is C26H25N2O5PS. The number of fused-ring (bicyclic) bond motifs is 1. The average Bonchev–Trinajstić information content (AvgIpc) is 3.49. The van der Waals surface area contributed by atoms with Crippen LogP contribution in [-0.2, 0) is 9.09 Å². The zero-order chi connectivity index (χ0) is 24.6. The van der Waals surface area contributed by atoms with Crippen molar-refractivity contribution in [2.24, 2.45) is 5.92 Å². The highest BCUT2D eigenvalue weighted by Gasteiger charge is 2.32. The van der Waals surface area contributed by atoms with Crippen LogP contribution in [0.25, 0.3) is 32.9 Å². The zero-order valence-electron chi connectivity index (χ0n) is 19.4. The van der Waals surface area contributed by atoms with Crippen molar-refractivity contribution in [3.63, 3.8) is 0 Å². The molecular weight excluding hydrogens is 483 g/mol. The normalized spacial score (nSPS) is 17.7. The topological polar surface area (TPSA) is 102 Å². The minimum atomic E-state index is -3.40. The van der Waals surface area contributed by atoms with Crippen molar-refractivity contribution in [3.05, 3.63) is 71.0 Å². The molecule has 4 aromatic rings. The molecule has 0 aliphatic heterocycles. The first-order valence-electron chi connectivity index (χ1n) is 11.3. The van der Waals surface area contributed by atoms with E-state index in [2.05, 4.69) is 17.0 Å². The third-order valence-electron chi connectivity index (χ3n) is 6.22. The van der Waals surface area contributed by atoms with E-state index in [1.807, 2.05) is 48.5 Å². The Hall–Kier alpha value is -3.19. The predicted molar refractivity (Wildman–Crippen MR) is 139 cm³/mol. The first-order chi connectivity index (χ1) is 16.9. The van der Waals surface area contributed by atoms with Gasteiger partial charge in [0.05, 0.1) is 5.69 Å². The highest BCUT2D eigenvalue weighted by atomic mass is 32.1. The van der Waals surface area contributed by atoms with E-state index in [0.717, 1.165) is 51.3 Å². The Balaban J connectivity index is 1.44. The lowest BCUT2D eigenvalue weighted by Crippen LogP contribution is -2.09. The number of allylic oxidation sites excluding steroid dienone is 2. The quantitative estimate of drug-likeness (QED) is 0.245. The van der Waals surface area contributed by atoms with Crippen molar-refractivity contribution < 1.29 is 23.4 Å². The summed E-state index contributed by atoms with van der Waals surface area (Å²) in [5.41, 5.74) is 3.55. The molecule has 2 N–H and O–H groups in total. The lowest BCUT2D eigenvalue weighted by Gasteiger charge is -2.25. The number of nitrogens with zero attached hydrogens (tertiary/aromatic N) is 1. The van der Waals surface area contributed by atoms with E-state index in [1.54, 1.807) is 12.3 Å². The van der Waals surface area contributed by atoms with Crippen molar-refractivity contribution in [3.8, 4) is 21.8 Å². The largest absolute Gasteiger partial charge is 0.477 e. The number of benzene rings is 1. The molecule has 5 rings (SSSR count). The summed E-state index contributed by atoms with van der Waals surface area (Å²) in [6.07, 6.45) is 6.11. The third kappa shape index (κ3) is 4.69. The summed E-state index contributed by atoms with van der Waals surface area (Å²) in [5.74, 6) is 0.162. The molecule has 0 bridgehead atoms. The molecule has 180 valence electrons. The maximum Gasteiger partial charge on any atom is 0.348 e. The summed E-state index contributed by atoms with van der Waals surface area (Å²) in [4.78, 5) is 17.1. The van der Waals surface area contributed by atoms with E-state index in [-0.39, 0.29) is 4.88 Å². The van der Waals surface area contributed by atoms with Gasteiger partial charge in [-0.2, -0.15) is 0 Å². The number of hydrogen-bond donors (Lipinski definition) is 2. The molecule has 0 saturated carbocycles. The summed E-state index contributed by atoms with van der Waals surface area (Å²) >= 11 is 1.13. The molecule has 0 saturated heterocycles. The summed E-state index contributed by atoms with van der Waals surface area (Å²) in [6.45, 7) is 2.16. The van der Waals surface area contributed by atoms with Crippen LogP contribution >= 0.6 is 18.9 Å². The van der Waals surface area contributed by atoms with Gasteiger partial charge < -0.3 is 19.1 Å². The van der Waals surface area contributed by atoms with Gasteiger partial charge in [-0.25, -0.2) is 4.79 Å². The molecule has 1 aromatic carbocycles. The van der Waals surface area contributed by atoms with Gasteiger partial charge >= 0.3 is 13.5 Å². The smallest absolute Gasteiger partial charge is 0.348 e. The van der Waals surface area contributed by atoms with Crippen LogP contribution in [0.1, 0.15) is 35.9 Å². The number of pyridine rings is 1. The molecule has 3 aromatic heterocycles.